The van der Waals surface area contributed by atoms with Crippen LogP contribution >= 0.6 is 0 Å². The van der Waals surface area contributed by atoms with Crippen LogP contribution in [0.15, 0.2) is 48.8 Å². The van der Waals surface area contributed by atoms with Crippen LogP contribution in [0.2, 0.25) is 0 Å². The minimum absolute atomic E-state index is 0.0405. The number of carbonyl (C=O) groups is 1. The van der Waals surface area contributed by atoms with Crippen LogP contribution in [0, 0.1) is 0 Å². The topological polar surface area (TPSA) is 56.1 Å². The van der Waals surface area contributed by atoms with Crippen LogP contribution in [0.25, 0.3) is 0 Å². The van der Waals surface area contributed by atoms with E-state index in [0.717, 1.165) is 38.5 Å². The van der Waals surface area contributed by atoms with Crippen molar-refractivity contribution in [3.8, 4) is 11.5 Å². The molecule has 1 amide bonds. The van der Waals surface area contributed by atoms with Gasteiger partial charge in [-0.15, -0.1) is 0 Å². The van der Waals surface area contributed by atoms with Crippen molar-refractivity contribution >= 4 is 5.91 Å². The Balaban J connectivity index is 1.41. The number of carbonyl (C=O) groups excluding carboxylic acids is 1. The van der Waals surface area contributed by atoms with Crippen LogP contribution in [0.5, 0.6) is 11.5 Å². The number of quaternary nitrogens is 1. The van der Waals surface area contributed by atoms with E-state index in [1.165, 1.54) is 10.5 Å². The van der Waals surface area contributed by atoms with E-state index in [9.17, 15) is 4.79 Å². The fourth-order valence-corrected chi connectivity index (χ4v) is 2.95. The van der Waals surface area contributed by atoms with Crippen molar-refractivity contribution < 1.29 is 19.2 Å². The van der Waals surface area contributed by atoms with Crippen molar-refractivity contribution in [2.24, 2.45) is 0 Å². The Morgan fingerprint density at radius 3 is 2.36 bits per heavy atom. The molecule has 1 fully saturated rings. The lowest BCUT2D eigenvalue weighted by atomic mass is 10.2. The van der Waals surface area contributed by atoms with E-state index in [-0.39, 0.29) is 12.5 Å². The van der Waals surface area contributed by atoms with Crippen molar-refractivity contribution in [3.05, 3.63) is 54.4 Å². The summed E-state index contributed by atoms with van der Waals surface area (Å²) in [5.41, 5.74) is 1.28. The number of amides is 1. The number of piperazine rings is 1. The second-order valence-corrected chi connectivity index (χ2v) is 6.13. The third-order valence-electron chi connectivity index (χ3n) is 4.45. The molecule has 25 heavy (non-hydrogen) atoms. The van der Waals surface area contributed by atoms with Gasteiger partial charge in [0.1, 0.15) is 18.0 Å². The summed E-state index contributed by atoms with van der Waals surface area (Å²) in [6, 6.07) is 11.4. The van der Waals surface area contributed by atoms with Gasteiger partial charge in [-0.1, -0.05) is 0 Å². The van der Waals surface area contributed by atoms with Gasteiger partial charge in [0.25, 0.3) is 5.91 Å². The third kappa shape index (κ3) is 4.93. The number of ether oxygens (including phenoxy) is 2. The molecule has 1 aromatic carbocycles. The smallest absolute Gasteiger partial charge is 0.260 e. The Morgan fingerprint density at radius 1 is 1.08 bits per heavy atom. The molecule has 0 spiro atoms. The summed E-state index contributed by atoms with van der Waals surface area (Å²) in [6.07, 6.45) is 3.65. The first-order valence-corrected chi connectivity index (χ1v) is 8.51. The Hall–Kier alpha value is -2.60. The third-order valence-corrected chi connectivity index (χ3v) is 4.45. The highest BCUT2D eigenvalue weighted by atomic mass is 16.5. The molecular weight excluding hydrogens is 318 g/mol. The summed E-state index contributed by atoms with van der Waals surface area (Å²) in [6.45, 7) is 4.50. The molecule has 2 aromatic rings. The Morgan fingerprint density at radius 2 is 1.72 bits per heavy atom. The summed E-state index contributed by atoms with van der Waals surface area (Å²) in [5.74, 6) is 1.49. The van der Waals surface area contributed by atoms with E-state index in [2.05, 4.69) is 4.98 Å². The molecule has 1 aliphatic heterocycles. The first kappa shape index (κ1) is 17.2. The summed E-state index contributed by atoms with van der Waals surface area (Å²) < 4.78 is 10.7. The molecule has 2 heterocycles. The van der Waals surface area contributed by atoms with Crippen molar-refractivity contribution in [1.29, 1.82) is 0 Å². The lowest BCUT2D eigenvalue weighted by molar-refractivity contribution is -0.917. The molecule has 6 nitrogen and oxygen atoms in total. The molecule has 1 aromatic heterocycles. The Kier molecular flexibility index (Phi) is 5.85. The number of rotatable bonds is 6. The zero-order chi connectivity index (χ0) is 17.5. The number of nitrogens with one attached hydrogen (secondary N) is 1. The maximum atomic E-state index is 12.3. The molecule has 1 aliphatic rings. The maximum Gasteiger partial charge on any atom is 0.260 e. The number of methoxy groups -OCH3 is 1. The van der Waals surface area contributed by atoms with Crippen LogP contribution in [-0.2, 0) is 11.3 Å². The fraction of sp³-hybridized carbons (Fsp3) is 0.368. The number of pyridine rings is 1. The molecule has 0 bridgehead atoms. The normalized spacial score (nSPS) is 15.0. The highest BCUT2D eigenvalue weighted by molar-refractivity contribution is 5.77. The highest BCUT2D eigenvalue weighted by Crippen LogP contribution is 2.16. The summed E-state index contributed by atoms with van der Waals surface area (Å²) >= 11 is 0. The van der Waals surface area contributed by atoms with E-state index >= 15 is 0 Å². The van der Waals surface area contributed by atoms with E-state index in [1.54, 1.807) is 7.11 Å². The van der Waals surface area contributed by atoms with Gasteiger partial charge in [-0.3, -0.25) is 9.78 Å². The fourth-order valence-electron chi connectivity index (χ4n) is 2.95. The number of benzene rings is 1. The van der Waals surface area contributed by atoms with Crippen molar-refractivity contribution in [3.63, 3.8) is 0 Å². The number of hydrogen-bond acceptors (Lipinski definition) is 4. The largest absolute Gasteiger partial charge is 0.497 e. The first-order chi connectivity index (χ1) is 12.2. The minimum Gasteiger partial charge on any atom is -0.497 e. The lowest BCUT2D eigenvalue weighted by Gasteiger charge is -2.32. The molecule has 132 valence electrons. The first-order valence-electron chi connectivity index (χ1n) is 8.51. The Bertz CT molecular complexity index is 668. The predicted octanol–water partition coefficient (Wildman–Crippen LogP) is 0.396. The van der Waals surface area contributed by atoms with Gasteiger partial charge in [0.15, 0.2) is 6.61 Å². The van der Waals surface area contributed by atoms with Gasteiger partial charge < -0.3 is 19.3 Å². The van der Waals surface area contributed by atoms with Gasteiger partial charge in [-0.25, -0.2) is 0 Å². The van der Waals surface area contributed by atoms with Gasteiger partial charge in [-0.05, 0) is 36.4 Å². The molecule has 6 heteroatoms. The highest BCUT2D eigenvalue weighted by Gasteiger charge is 2.23. The molecule has 0 unspecified atom stereocenters. The maximum absolute atomic E-state index is 12.3. The van der Waals surface area contributed by atoms with Gasteiger partial charge in [0.2, 0.25) is 0 Å². The van der Waals surface area contributed by atoms with Crippen LogP contribution in [-0.4, -0.2) is 55.7 Å². The molecule has 0 radical (unpaired) electrons. The lowest BCUT2D eigenvalue weighted by Crippen LogP contribution is -3.13. The SMILES string of the molecule is COc1ccc(OCC(=O)N2CC[NH+](Cc3ccncc3)CC2)cc1. The average molecular weight is 342 g/mol. The zero-order valence-corrected chi connectivity index (χ0v) is 14.5. The van der Waals surface area contributed by atoms with Gasteiger partial charge in [-0.2, -0.15) is 0 Å². The molecule has 0 aliphatic carbocycles. The second kappa shape index (κ2) is 8.48. The van der Waals surface area contributed by atoms with Crippen molar-refractivity contribution in [2.75, 3.05) is 39.9 Å². The molecule has 0 atom stereocenters. The molecule has 3 rings (SSSR count). The standard InChI is InChI=1S/C19H23N3O3/c1-24-17-2-4-18(5-3-17)25-15-19(23)22-12-10-21(11-13-22)14-16-6-8-20-9-7-16/h2-9H,10-15H2,1H3/p+1. The van der Waals surface area contributed by atoms with Crippen LogP contribution in [0.3, 0.4) is 0 Å². The van der Waals surface area contributed by atoms with Gasteiger partial charge in [0, 0.05) is 18.0 Å². The molecule has 1 N–H and O–H groups in total. The molecular formula is C19H24N3O3+. The zero-order valence-electron chi connectivity index (χ0n) is 14.5. The second-order valence-electron chi connectivity index (χ2n) is 6.13. The van der Waals surface area contributed by atoms with Crippen molar-refractivity contribution in [2.45, 2.75) is 6.54 Å². The molecule has 1 saturated heterocycles. The minimum atomic E-state index is 0.0405. The van der Waals surface area contributed by atoms with Crippen LogP contribution in [0.1, 0.15) is 5.56 Å². The van der Waals surface area contributed by atoms with E-state index < -0.39 is 0 Å². The van der Waals surface area contributed by atoms with E-state index in [1.807, 2.05) is 53.7 Å². The van der Waals surface area contributed by atoms with Crippen LogP contribution < -0.4 is 14.4 Å². The monoisotopic (exact) mass is 342 g/mol. The number of nitrogens with zero attached hydrogens (tertiary/aromatic N) is 2. The summed E-state index contributed by atoms with van der Waals surface area (Å²) in [7, 11) is 1.62. The van der Waals surface area contributed by atoms with E-state index in [0.29, 0.717) is 5.75 Å². The summed E-state index contributed by atoms with van der Waals surface area (Å²) in [4.78, 5) is 19.7. The van der Waals surface area contributed by atoms with E-state index in [4.69, 9.17) is 9.47 Å². The van der Waals surface area contributed by atoms with Gasteiger partial charge >= 0.3 is 0 Å². The number of aromatic nitrogens is 1. The molecule has 0 saturated carbocycles. The predicted molar refractivity (Wildman–Crippen MR) is 93.7 cm³/mol. The van der Waals surface area contributed by atoms with Crippen LogP contribution in [0.4, 0.5) is 0 Å². The van der Waals surface area contributed by atoms with Gasteiger partial charge in [0.05, 0.1) is 33.3 Å². The number of hydrogen-bond donors (Lipinski definition) is 1. The quantitative estimate of drug-likeness (QED) is 0.826. The average Bonchev–Trinajstić information content (AvgIpc) is 2.68. The Labute approximate surface area is 148 Å². The summed E-state index contributed by atoms with van der Waals surface area (Å²) in [5, 5.41) is 0. The van der Waals surface area contributed by atoms with Crippen molar-refractivity contribution in [1.82, 2.24) is 9.88 Å².